The summed E-state index contributed by atoms with van der Waals surface area (Å²) in [5.41, 5.74) is 6.46. The van der Waals surface area contributed by atoms with Crippen molar-refractivity contribution in [1.29, 1.82) is 0 Å². The number of hydrogen-bond donors (Lipinski definition) is 0. The van der Waals surface area contributed by atoms with E-state index >= 15 is 0 Å². The van der Waals surface area contributed by atoms with Gasteiger partial charge in [0.2, 0.25) is 0 Å². The van der Waals surface area contributed by atoms with E-state index in [1.54, 1.807) is 0 Å². The molecule has 0 atom stereocenters. The van der Waals surface area contributed by atoms with Crippen LogP contribution in [0.5, 0.6) is 0 Å². The predicted octanol–water partition coefficient (Wildman–Crippen LogP) is 6.41. The Bertz CT molecular complexity index is 1270. The third-order valence-electron chi connectivity index (χ3n) is 6.50. The number of likely N-dealkylation sites (N-methyl/N-ethyl adjacent to an activating group) is 1. The SMILES string of the molecule is CCN(C1=C(c2ccc(C)c(C)c2)C(=O)N(c2ccc(C(C)(C)C)cc2)C1=O)c1ccccc1. The monoisotopic (exact) mass is 452 g/mol. The summed E-state index contributed by atoms with van der Waals surface area (Å²) in [6.45, 7) is 13.1. The van der Waals surface area contributed by atoms with E-state index < -0.39 is 0 Å². The molecule has 0 aromatic heterocycles. The van der Waals surface area contributed by atoms with Gasteiger partial charge >= 0.3 is 0 Å². The molecule has 1 heterocycles. The lowest BCUT2D eigenvalue weighted by molar-refractivity contribution is -0.120. The molecule has 0 radical (unpaired) electrons. The molecule has 0 bridgehead atoms. The van der Waals surface area contributed by atoms with Crippen molar-refractivity contribution in [2.45, 2.75) is 47.0 Å². The van der Waals surface area contributed by atoms with Crippen molar-refractivity contribution in [2.24, 2.45) is 0 Å². The first-order valence-corrected chi connectivity index (χ1v) is 11.8. The summed E-state index contributed by atoms with van der Waals surface area (Å²) < 4.78 is 0. The molecule has 3 aromatic carbocycles. The van der Waals surface area contributed by atoms with Crippen LogP contribution < -0.4 is 9.80 Å². The normalized spacial score (nSPS) is 14.2. The number of benzene rings is 3. The lowest BCUT2D eigenvalue weighted by Crippen LogP contribution is -2.35. The van der Waals surface area contributed by atoms with E-state index in [9.17, 15) is 9.59 Å². The summed E-state index contributed by atoms with van der Waals surface area (Å²) in [5.74, 6) is -0.589. The largest absolute Gasteiger partial charge is 0.337 e. The van der Waals surface area contributed by atoms with Crippen molar-refractivity contribution in [2.75, 3.05) is 16.3 Å². The van der Waals surface area contributed by atoms with Gasteiger partial charge in [-0.1, -0.05) is 69.3 Å². The Morgan fingerprint density at radius 2 is 1.44 bits per heavy atom. The van der Waals surface area contributed by atoms with Gasteiger partial charge in [-0.05, 0) is 72.7 Å². The fourth-order valence-electron chi connectivity index (χ4n) is 4.35. The van der Waals surface area contributed by atoms with Crippen LogP contribution in [0.3, 0.4) is 0 Å². The maximum atomic E-state index is 13.9. The van der Waals surface area contributed by atoms with Gasteiger partial charge in [-0.3, -0.25) is 9.59 Å². The molecule has 0 unspecified atom stereocenters. The van der Waals surface area contributed by atoms with Crippen LogP contribution in [0.4, 0.5) is 11.4 Å². The zero-order valence-corrected chi connectivity index (χ0v) is 20.8. The smallest absolute Gasteiger partial charge is 0.282 e. The van der Waals surface area contributed by atoms with Crippen molar-refractivity contribution >= 4 is 28.8 Å². The van der Waals surface area contributed by atoms with Gasteiger partial charge in [-0.15, -0.1) is 0 Å². The number of anilines is 2. The molecule has 0 saturated heterocycles. The Balaban J connectivity index is 1.87. The number of carbonyl (C=O) groups is 2. The Labute approximate surface area is 202 Å². The number of amides is 2. The van der Waals surface area contributed by atoms with Crippen LogP contribution in [-0.2, 0) is 15.0 Å². The molecule has 0 fully saturated rings. The molecule has 3 aromatic rings. The van der Waals surface area contributed by atoms with Crippen molar-refractivity contribution in [3.63, 3.8) is 0 Å². The highest BCUT2D eigenvalue weighted by Gasteiger charge is 2.42. The summed E-state index contributed by atoms with van der Waals surface area (Å²) in [6, 6.07) is 23.4. The first-order chi connectivity index (χ1) is 16.1. The second-order valence-corrected chi connectivity index (χ2v) is 9.85. The Morgan fingerprint density at radius 1 is 0.794 bits per heavy atom. The lowest BCUT2D eigenvalue weighted by atomic mass is 9.87. The third kappa shape index (κ3) is 4.16. The van der Waals surface area contributed by atoms with Crippen molar-refractivity contribution in [3.05, 3.63) is 101 Å². The zero-order chi connectivity index (χ0) is 24.6. The summed E-state index contributed by atoms with van der Waals surface area (Å²) in [7, 11) is 0. The predicted molar refractivity (Wildman–Crippen MR) is 140 cm³/mol. The first-order valence-electron chi connectivity index (χ1n) is 11.8. The number of hydrogen-bond acceptors (Lipinski definition) is 3. The van der Waals surface area contributed by atoms with Crippen LogP contribution in [0.25, 0.3) is 5.57 Å². The fraction of sp³-hybridized carbons (Fsp3) is 0.267. The van der Waals surface area contributed by atoms with Crippen LogP contribution in [0.2, 0.25) is 0 Å². The maximum absolute atomic E-state index is 13.9. The highest BCUT2D eigenvalue weighted by atomic mass is 16.2. The molecule has 4 rings (SSSR count). The molecule has 1 aliphatic rings. The summed E-state index contributed by atoms with van der Waals surface area (Å²) >= 11 is 0. The topological polar surface area (TPSA) is 40.6 Å². The molecule has 174 valence electrons. The van der Waals surface area contributed by atoms with E-state index in [1.807, 2.05) is 98.5 Å². The van der Waals surface area contributed by atoms with Gasteiger partial charge in [0.15, 0.2) is 0 Å². The Hall–Kier alpha value is -3.66. The number of rotatable bonds is 5. The molecule has 2 amide bonds. The van der Waals surface area contributed by atoms with Crippen molar-refractivity contribution < 1.29 is 9.59 Å². The van der Waals surface area contributed by atoms with Crippen LogP contribution in [0, 0.1) is 13.8 Å². The molecule has 4 heteroatoms. The third-order valence-corrected chi connectivity index (χ3v) is 6.50. The molecule has 0 N–H and O–H groups in total. The van der Waals surface area contributed by atoms with E-state index in [0.717, 1.165) is 27.9 Å². The maximum Gasteiger partial charge on any atom is 0.282 e. The number of nitrogens with zero attached hydrogens (tertiary/aromatic N) is 2. The molecule has 0 spiro atoms. The molecule has 1 aliphatic heterocycles. The summed E-state index contributed by atoms with van der Waals surface area (Å²) in [4.78, 5) is 31.0. The zero-order valence-electron chi connectivity index (χ0n) is 20.8. The quantitative estimate of drug-likeness (QED) is 0.420. The van der Waals surface area contributed by atoms with E-state index in [4.69, 9.17) is 0 Å². The number of imide groups is 1. The minimum atomic E-state index is -0.299. The fourth-order valence-corrected chi connectivity index (χ4v) is 4.35. The number of para-hydroxylation sites is 1. The van der Waals surface area contributed by atoms with Crippen molar-refractivity contribution in [3.8, 4) is 0 Å². The van der Waals surface area contributed by atoms with Gasteiger partial charge in [-0.2, -0.15) is 0 Å². The number of aryl methyl sites for hydroxylation is 2. The summed E-state index contributed by atoms with van der Waals surface area (Å²) in [6.07, 6.45) is 0. The van der Waals surface area contributed by atoms with Gasteiger partial charge in [0, 0.05) is 12.2 Å². The average Bonchev–Trinajstić information content (AvgIpc) is 3.06. The van der Waals surface area contributed by atoms with Gasteiger partial charge in [0.25, 0.3) is 11.8 Å². The average molecular weight is 453 g/mol. The van der Waals surface area contributed by atoms with Crippen molar-refractivity contribution in [1.82, 2.24) is 0 Å². The van der Waals surface area contributed by atoms with Crippen LogP contribution in [0.15, 0.2) is 78.5 Å². The van der Waals surface area contributed by atoms with Crippen LogP contribution in [0.1, 0.15) is 49.9 Å². The Kier molecular flexibility index (Phi) is 6.18. The van der Waals surface area contributed by atoms with E-state index in [1.165, 1.54) is 4.90 Å². The highest BCUT2D eigenvalue weighted by molar-refractivity contribution is 6.46. The minimum Gasteiger partial charge on any atom is -0.337 e. The molecule has 4 nitrogen and oxygen atoms in total. The molecular weight excluding hydrogens is 420 g/mol. The molecule has 0 saturated carbocycles. The van der Waals surface area contributed by atoms with Crippen LogP contribution >= 0.6 is 0 Å². The van der Waals surface area contributed by atoms with E-state index in [0.29, 0.717) is 23.5 Å². The van der Waals surface area contributed by atoms with Gasteiger partial charge in [0.1, 0.15) is 5.70 Å². The summed E-state index contributed by atoms with van der Waals surface area (Å²) in [5, 5.41) is 0. The van der Waals surface area contributed by atoms with Gasteiger partial charge in [0.05, 0.1) is 11.3 Å². The second kappa shape index (κ2) is 8.94. The second-order valence-electron chi connectivity index (χ2n) is 9.85. The lowest BCUT2D eigenvalue weighted by Gasteiger charge is -2.25. The Morgan fingerprint density at radius 3 is 2.00 bits per heavy atom. The first kappa shape index (κ1) is 23.5. The number of carbonyl (C=O) groups excluding carboxylic acids is 2. The molecule has 0 aliphatic carbocycles. The van der Waals surface area contributed by atoms with E-state index in [2.05, 4.69) is 20.8 Å². The highest BCUT2D eigenvalue weighted by Crippen LogP contribution is 2.37. The van der Waals surface area contributed by atoms with Gasteiger partial charge < -0.3 is 4.90 Å². The van der Waals surface area contributed by atoms with E-state index in [-0.39, 0.29) is 17.2 Å². The minimum absolute atomic E-state index is 0.0160. The van der Waals surface area contributed by atoms with Gasteiger partial charge in [-0.25, -0.2) is 4.90 Å². The molecule has 34 heavy (non-hydrogen) atoms. The standard InChI is InChI=1S/C30H32N2O2/c1-7-31(24-11-9-8-10-12-24)27-26(22-14-13-20(2)21(3)19-22)28(33)32(29(27)34)25-17-15-23(16-18-25)30(4,5)6/h8-19H,7H2,1-6H3. The molecular formula is C30H32N2O2. The van der Waals surface area contributed by atoms with Crippen LogP contribution in [-0.4, -0.2) is 18.4 Å².